The summed E-state index contributed by atoms with van der Waals surface area (Å²) in [6, 6.07) is 13.4. The van der Waals surface area contributed by atoms with Crippen molar-refractivity contribution in [2.75, 3.05) is 0 Å². The summed E-state index contributed by atoms with van der Waals surface area (Å²) in [6.45, 7) is 2.14. The number of benzene rings is 2. The lowest BCUT2D eigenvalue weighted by atomic mass is 9.85. The van der Waals surface area contributed by atoms with E-state index in [2.05, 4.69) is 31.2 Å². The van der Waals surface area contributed by atoms with Gasteiger partial charge in [0.25, 0.3) is 0 Å². The van der Waals surface area contributed by atoms with Crippen molar-refractivity contribution in [3.63, 3.8) is 0 Å². The summed E-state index contributed by atoms with van der Waals surface area (Å²) in [4.78, 5) is 0. The molecule has 0 bridgehead atoms. The maximum atomic E-state index is 13.3. The van der Waals surface area contributed by atoms with Crippen LogP contribution in [0.3, 0.4) is 0 Å². The van der Waals surface area contributed by atoms with E-state index in [1.807, 2.05) is 6.07 Å². The summed E-state index contributed by atoms with van der Waals surface area (Å²) in [6.07, 6.45) is 2.72. The second-order valence-electron chi connectivity index (χ2n) is 5.32. The van der Waals surface area contributed by atoms with Gasteiger partial charge in [-0.1, -0.05) is 37.3 Å². The summed E-state index contributed by atoms with van der Waals surface area (Å²) in [7, 11) is 0. The molecule has 1 nitrogen and oxygen atoms in total. The predicted octanol–water partition coefficient (Wildman–Crippen LogP) is 3.54. The fraction of sp³-hybridized carbons (Fsp3) is 0.294. The number of aryl methyl sites for hydroxylation is 2. The van der Waals surface area contributed by atoms with Gasteiger partial charge in [-0.25, -0.2) is 4.39 Å². The highest BCUT2D eigenvalue weighted by Gasteiger charge is 2.36. The molecular weight excluding hydrogens is 237 g/mol. The molecule has 19 heavy (non-hydrogen) atoms. The Balaban J connectivity index is 2.05. The van der Waals surface area contributed by atoms with Gasteiger partial charge in [-0.2, -0.15) is 0 Å². The molecule has 2 aromatic rings. The summed E-state index contributed by atoms with van der Waals surface area (Å²) < 4.78 is 13.3. The molecule has 1 aliphatic carbocycles. The topological polar surface area (TPSA) is 26.0 Å². The van der Waals surface area contributed by atoms with Crippen LogP contribution in [0.25, 0.3) is 0 Å². The summed E-state index contributed by atoms with van der Waals surface area (Å²) in [5.41, 5.74) is 10.7. The van der Waals surface area contributed by atoms with Crippen LogP contribution in [0, 0.1) is 5.82 Å². The number of rotatable bonds is 2. The van der Waals surface area contributed by atoms with Gasteiger partial charge in [0.1, 0.15) is 5.82 Å². The average molecular weight is 255 g/mol. The van der Waals surface area contributed by atoms with Crippen LogP contribution in [0.1, 0.15) is 35.6 Å². The van der Waals surface area contributed by atoms with Crippen molar-refractivity contribution in [3.05, 3.63) is 70.5 Å². The molecule has 1 atom stereocenters. The Morgan fingerprint density at radius 1 is 1.16 bits per heavy atom. The molecule has 0 saturated heterocycles. The summed E-state index contributed by atoms with van der Waals surface area (Å²) in [5.74, 6) is -0.177. The molecule has 2 heteroatoms. The van der Waals surface area contributed by atoms with Crippen LogP contribution < -0.4 is 5.73 Å². The number of halogens is 1. The van der Waals surface area contributed by atoms with E-state index in [1.165, 1.54) is 11.6 Å². The number of hydrogen-bond acceptors (Lipinski definition) is 1. The van der Waals surface area contributed by atoms with Crippen LogP contribution in [0.4, 0.5) is 4.39 Å². The molecule has 0 spiro atoms. The van der Waals surface area contributed by atoms with E-state index in [4.69, 9.17) is 5.73 Å². The predicted molar refractivity (Wildman–Crippen MR) is 75.5 cm³/mol. The third-order valence-electron chi connectivity index (χ3n) is 4.21. The molecule has 0 saturated carbocycles. The highest BCUT2D eigenvalue weighted by atomic mass is 19.1. The molecule has 0 fully saturated rings. The first-order valence-electron chi connectivity index (χ1n) is 6.80. The van der Waals surface area contributed by atoms with Crippen LogP contribution in [0.2, 0.25) is 0 Å². The Kier molecular flexibility index (Phi) is 2.90. The van der Waals surface area contributed by atoms with E-state index >= 15 is 0 Å². The van der Waals surface area contributed by atoms with E-state index in [1.54, 1.807) is 6.07 Å². The van der Waals surface area contributed by atoms with Gasteiger partial charge in [0.15, 0.2) is 0 Å². The smallest absolute Gasteiger partial charge is 0.123 e. The highest BCUT2D eigenvalue weighted by molar-refractivity contribution is 5.47. The lowest BCUT2D eigenvalue weighted by molar-refractivity contribution is 0.534. The third kappa shape index (κ3) is 1.96. The molecule has 0 heterocycles. The SMILES string of the molecule is CCc1ccc(C2(N)CCc3cc(F)ccc32)cc1. The molecule has 0 amide bonds. The molecule has 0 aromatic heterocycles. The van der Waals surface area contributed by atoms with Crippen molar-refractivity contribution in [1.82, 2.24) is 0 Å². The minimum atomic E-state index is -0.463. The second-order valence-corrected chi connectivity index (χ2v) is 5.32. The Morgan fingerprint density at radius 2 is 1.89 bits per heavy atom. The summed E-state index contributed by atoms with van der Waals surface area (Å²) in [5, 5.41) is 0. The number of hydrogen-bond donors (Lipinski definition) is 1. The lowest BCUT2D eigenvalue weighted by Crippen LogP contribution is -2.35. The zero-order valence-electron chi connectivity index (χ0n) is 11.1. The van der Waals surface area contributed by atoms with E-state index in [0.29, 0.717) is 0 Å². The van der Waals surface area contributed by atoms with Crippen LogP contribution in [-0.2, 0) is 18.4 Å². The number of nitrogens with two attached hydrogens (primary N) is 1. The van der Waals surface area contributed by atoms with Gasteiger partial charge in [0.2, 0.25) is 0 Å². The van der Waals surface area contributed by atoms with E-state index in [9.17, 15) is 4.39 Å². The van der Waals surface area contributed by atoms with Gasteiger partial charge < -0.3 is 5.73 Å². The molecule has 98 valence electrons. The monoisotopic (exact) mass is 255 g/mol. The molecule has 3 rings (SSSR count). The highest BCUT2D eigenvalue weighted by Crippen LogP contribution is 2.40. The quantitative estimate of drug-likeness (QED) is 0.872. The van der Waals surface area contributed by atoms with Crippen molar-refractivity contribution in [2.24, 2.45) is 5.73 Å². The lowest BCUT2D eigenvalue weighted by Gasteiger charge is -2.26. The first-order valence-corrected chi connectivity index (χ1v) is 6.80. The Hall–Kier alpha value is -1.67. The molecular formula is C17H18FN. The van der Waals surface area contributed by atoms with E-state index in [-0.39, 0.29) is 5.82 Å². The number of fused-ring (bicyclic) bond motifs is 1. The van der Waals surface area contributed by atoms with Gasteiger partial charge in [-0.3, -0.25) is 0 Å². The van der Waals surface area contributed by atoms with Crippen molar-refractivity contribution in [3.8, 4) is 0 Å². The Labute approximate surface area is 113 Å². The van der Waals surface area contributed by atoms with Gasteiger partial charge in [0, 0.05) is 0 Å². The molecule has 0 aliphatic heterocycles. The van der Waals surface area contributed by atoms with Gasteiger partial charge in [-0.15, -0.1) is 0 Å². The largest absolute Gasteiger partial charge is 0.318 e. The molecule has 1 unspecified atom stereocenters. The van der Waals surface area contributed by atoms with E-state index in [0.717, 1.165) is 36.0 Å². The second kappa shape index (κ2) is 4.46. The fourth-order valence-corrected chi connectivity index (χ4v) is 3.01. The van der Waals surface area contributed by atoms with Crippen molar-refractivity contribution in [2.45, 2.75) is 31.7 Å². The Bertz CT molecular complexity index is 603. The maximum absolute atomic E-state index is 13.3. The maximum Gasteiger partial charge on any atom is 0.123 e. The minimum Gasteiger partial charge on any atom is -0.318 e. The van der Waals surface area contributed by atoms with Crippen LogP contribution in [-0.4, -0.2) is 0 Å². The van der Waals surface area contributed by atoms with Crippen molar-refractivity contribution >= 4 is 0 Å². The van der Waals surface area contributed by atoms with Gasteiger partial charge in [-0.05, 0) is 53.6 Å². The molecule has 2 N–H and O–H groups in total. The van der Waals surface area contributed by atoms with Gasteiger partial charge in [0.05, 0.1) is 5.54 Å². The van der Waals surface area contributed by atoms with Gasteiger partial charge >= 0.3 is 0 Å². The van der Waals surface area contributed by atoms with Crippen LogP contribution in [0.5, 0.6) is 0 Å². The zero-order valence-corrected chi connectivity index (χ0v) is 11.1. The Morgan fingerprint density at radius 3 is 2.58 bits per heavy atom. The average Bonchev–Trinajstić information content (AvgIpc) is 2.77. The van der Waals surface area contributed by atoms with Crippen molar-refractivity contribution < 1.29 is 4.39 Å². The first-order chi connectivity index (χ1) is 9.13. The minimum absolute atomic E-state index is 0.177. The normalized spacial score (nSPS) is 21.4. The molecule has 2 aromatic carbocycles. The van der Waals surface area contributed by atoms with Crippen LogP contribution >= 0.6 is 0 Å². The summed E-state index contributed by atoms with van der Waals surface area (Å²) >= 11 is 0. The third-order valence-corrected chi connectivity index (χ3v) is 4.21. The molecule has 0 radical (unpaired) electrons. The first kappa shape index (κ1) is 12.4. The van der Waals surface area contributed by atoms with E-state index < -0.39 is 5.54 Å². The fourth-order valence-electron chi connectivity index (χ4n) is 3.01. The van der Waals surface area contributed by atoms with Crippen LogP contribution in [0.15, 0.2) is 42.5 Å². The standard InChI is InChI=1S/C17H18FN/c1-2-12-3-5-14(6-4-12)17(19)10-9-13-11-15(18)7-8-16(13)17/h3-8,11H,2,9-10,19H2,1H3. The van der Waals surface area contributed by atoms with Crippen molar-refractivity contribution in [1.29, 1.82) is 0 Å². The zero-order chi connectivity index (χ0) is 13.5. The molecule has 1 aliphatic rings.